The molecule has 1 aliphatic rings. The number of hydrogen-bond donors (Lipinski definition) is 3. The largest absolute Gasteiger partial charge is 0.481 e. The van der Waals surface area contributed by atoms with E-state index in [4.69, 9.17) is 5.11 Å². The number of carbonyl (C=O) groups is 2. The third-order valence-corrected chi connectivity index (χ3v) is 4.51. The molecule has 1 aliphatic carbocycles. The van der Waals surface area contributed by atoms with Gasteiger partial charge in [0.25, 0.3) is 0 Å². The fourth-order valence-electron chi connectivity index (χ4n) is 2.64. The van der Waals surface area contributed by atoms with Gasteiger partial charge in [-0.1, -0.05) is 12.5 Å². The number of amides is 2. The Balaban J connectivity index is 1.78. The Hall–Kier alpha value is -1.56. The zero-order chi connectivity index (χ0) is 14.5. The second kappa shape index (κ2) is 6.74. The molecule has 1 saturated carbocycles. The highest BCUT2D eigenvalue weighted by Gasteiger charge is 2.33. The van der Waals surface area contributed by atoms with Crippen LogP contribution in [0.2, 0.25) is 0 Å². The lowest BCUT2D eigenvalue weighted by Gasteiger charge is -2.20. The molecule has 3 unspecified atom stereocenters. The first-order valence-corrected chi connectivity index (χ1v) is 7.76. The highest BCUT2D eigenvalue weighted by Crippen LogP contribution is 2.25. The second-order valence-corrected chi connectivity index (χ2v) is 6.32. The van der Waals surface area contributed by atoms with Gasteiger partial charge < -0.3 is 15.7 Å². The lowest BCUT2D eigenvalue weighted by molar-refractivity contribution is -0.142. The van der Waals surface area contributed by atoms with Gasteiger partial charge in [0.15, 0.2) is 0 Å². The summed E-state index contributed by atoms with van der Waals surface area (Å²) < 4.78 is 0. The number of carboxylic acids is 1. The zero-order valence-corrected chi connectivity index (χ0v) is 12.3. The molecule has 0 bridgehead atoms. The number of carboxylic acid groups (broad SMARTS) is 1. The van der Waals surface area contributed by atoms with E-state index in [0.29, 0.717) is 6.42 Å². The number of aliphatic carboxylic acids is 1. The van der Waals surface area contributed by atoms with Crippen LogP contribution in [-0.4, -0.2) is 29.2 Å². The van der Waals surface area contributed by atoms with E-state index in [9.17, 15) is 9.59 Å². The van der Waals surface area contributed by atoms with E-state index in [1.54, 1.807) is 11.3 Å². The number of rotatable bonds is 5. The molecule has 3 N–H and O–H groups in total. The van der Waals surface area contributed by atoms with E-state index in [0.717, 1.165) is 19.3 Å². The van der Waals surface area contributed by atoms with Crippen LogP contribution in [0.3, 0.4) is 0 Å². The van der Waals surface area contributed by atoms with Gasteiger partial charge in [0.2, 0.25) is 0 Å². The Morgan fingerprint density at radius 2 is 2.30 bits per heavy atom. The topological polar surface area (TPSA) is 78.4 Å². The molecule has 0 spiro atoms. The predicted octanol–water partition coefficient (Wildman–Crippen LogP) is 2.23. The normalized spacial score (nSPS) is 23.2. The zero-order valence-electron chi connectivity index (χ0n) is 11.5. The highest BCUT2D eigenvalue weighted by molar-refractivity contribution is 7.09. The molecule has 1 aromatic heterocycles. The average molecular weight is 296 g/mol. The summed E-state index contributed by atoms with van der Waals surface area (Å²) in [5, 5.41) is 16.8. The Bertz CT molecular complexity index is 461. The Morgan fingerprint density at radius 3 is 2.95 bits per heavy atom. The fraction of sp³-hybridized carbons (Fsp3) is 0.571. The Labute approximate surface area is 122 Å². The van der Waals surface area contributed by atoms with Gasteiger partial charge in [0.1, 0.15) is 0 Å². The Morgan fingerprint density at radius 1 is 1.50 bits per heavy atom. The summed E-state index contributed by atoms with van der Waals surface area (Å²) >= 11 is 1.67. The van der Waals surface area contributed by atoms with Crippen LogP contribution in [0.5, 0.6) is 0 Å². The van der Waals surface area contributed by atoms with E-state index in [1.165, 1.54) is 4.88 Å². The maximum atomic E-state index is 11.9. The first-order valence-electron chi connectivity index (χ1n) is 6.88. The number of nitrogens with one attached hydrogen (secondary N) is 2. The van der Waals surface area contributed by atoms with E-state index in [-0.39, 0.29) is 18.1 Å². The third-order valence-electron chi connectivity index (χ3n) is 3.61. The molecule has 2 rings (SSSR count). The fourth-order valence-corrected chi connectivity index (χ4v) is 3.48. The lowest BCUT2D eigenvalue weighted by Crippen LogP contribution is -2.48. The van der Waals surface area contributed by atoms with E-state index in [1.807, 2.05) is 24.4 Å². The van der Waals surface area contributed by atoms with Gasteiger partial charge >= 0.3 is 12.0 Å². The van der Waals surface area contributed by atoms with Gasteiger partial charge in [-0.05, 0) is 31.2 Å². The SMILES string of the molecule is CC(Cc1cccs1)NC(=O)NC1CCCC1C(=O)O. The monoisotopic (exact) mass is 296 g/mol. The molecular formula is C14H20N2O3S. The van der Waals surface area contributed by atoms with Gasteiger partial charge in [-0.25, -0.2) is 4.79 Å². The molecule has 0 saturated heterocycles. The minimum absolute atomic E-state index is 0.0262. The van der Waals surface area contributed by atoms with Gasteiger partial charge in [-0.2, -0.15) is 0 Å². The van der Waals surface area contributed by atoms with Crippen LogP contribution in [0, 0.1) is 5.92 Å². The molecule has 3 atom stereocenters. The van der Waals surface area contributed by atoms with Crippen molar-refractivity contribution >= 4 is 23.3 Å². The van der Waals surface area contributed by atoms with Crippen molar-refractivity contribution in [2.24, 2.45) is 5.92 Å². The summed E-state index contributed by atoms with van der Waals surface area (Å²) in [6.45, 7) is 1.95. The van der Waals surface area contributed by atoms with Crippen molar-refractivity contribution in [1.82, 2.24) is 10.6 Å². The van der Waals surface area contributed by atoms with Crippen molar-refractivity contribution in [2.75, 3.05) is 0 Å². The van der Waals surface area contributed by atoms with Crippen LogP contribution in [0.15, 0.2) is 17.5 Å². The van der Waals surface area contributed by atoms with Crippen molar-refractivity contribution < 1.29 is 14.7 Å². The van der Waals surface area contributed by atoms with Crippen LogP contribution in [0.1, 0.15) is 31.1 Å². The van der Waals surface area contributed by atoms with Crippen molar-refractivity contribution in [2.45, 2.75) is 44.7 Å². The summed E-state index contributed by atoms with van der Waals surface area (Å²) in [4.78, 5) is 24.2. The van der Waals surface area contributed by atoms with Crippen LogP contribution >= 0.6 is 11.3 Å². The van der Waals surface area contributed by atoms with Crippen LogP contribution in [-0.2, 0) is 11.2 Å². The molecule has 1 fully saturated rings. The van der Waals surface area contributed by atoms with Gasteiger partial charge in [-0.3, -0.25) is 4.79 Å². The van der Waals surface area contributed by atoms with Gasteiger partial charge in [0.05, 0.1) is 5.92 Å². The Kier molecular flexibility index (Phi) is 5.00. The molecule has 0 radical (unpaired) electrons. The standard InChI is InChI=1S/C14H20N2O3S/c1-9(8-10-4-3-7-20-10)15-14(19)16-12-6-2-5-11(12)13(17)18/h3-4,7,9,11-12H,2,5-6,8H2,1H3,(H,17,18)(H2,15,16,19). The quantitative estimate of drug-likeness (QED) is 0.779. The molecule has 20 heavy (non-hydrogen) atoms. The van der Waals surface area contributed by atoms with Crippen molar-refractivity contribution in [3.05, 3.63) is 22.4 Å². The molecule has 6 heteroatoms. The van der Waals surface area contributed by atoms with Crippen LogP contribution in [0.4, 0.5) is 4.79 Å². The number of hydrogen-bond acceptors (Lipinski definition) is 3. The minimum atomic E-state index is -0.820. The van der Waals surface area contributed by atoms with E-state index >= 15 is 0 Å². The van der Waals surface area contributed by atoms with Crippen LogP contribution < -0.4 is 10.6 Å². The van der Waals surface area contributed by atoms with E-state index < -0.39 is 11.9 Å². The maximum Gasteiger partial charge on any atom is 0.315 e. The summed E-state index contributed by atoms with van der Waals surface area (Å²) in [5.41, 5.74) is 0. The first-order chi connectivity index (χ1) is 9.56. The number of thiophene rings is 1. The number of carbonyl (C=O) groups excluding carboxylic acids is 1. The highest BCUT2D eigenvalue weighted by atomic mass is 32.1. The molecule has 2 amide bonds. The predicted molar refractivity (Wildman–Crippen MR) is 77.9 cm³/mol. The van der Waals surface area contributed by atoms with E-state index in [2.05, 4.69) is 10.6 Å². The molecule has 1 heterocycles. The molecule has 1 aromatic rings. The van der Waals surface area contributed by atoms with Crippen molar-refractivity contribution in [3.63, 3.8) is 0 Å². The summed E-state index contributed by atoms with van der Waals surface area (Å²) in [6, 6.07) is 3.54. The van der Waals surface area contributed by atoms with Gasteiger partial charge in [0, 0.05) is 23.4 Å². The number of urea groups is 1. The first kappa shape index (κ1) is 14.8. The third kappa shape index (κ3) is 3.96. The average Bonchev–Trinajstić information content (AvgIpc) is 2.99. The molecular weight excluding hydrogens is 276 g/mol. The van der Waals surface area contributed by atoms with Crippen molar-refractivity contribution in [1.29, 1.82) is 0 Å². The summed E-state index contributed by atoms with van der Waals surface area (Å²) in [7, 11) is 0. The van der Waals surface area contributed by atoms with Crippen LogP contribution in [0.25, 0.3) is 0 Å². The molecule has 0 aromatic carbocycles. The maximum absolute atomic E-state index is 11.9. The molecule has 0 aliphatic heterocycles. The molecule has 110 valence electrons. The molecule has 5 nitrogen and oxygen atoms in total. The van der Waals surface area contributed by atoms with Crippen molar-refractivity contribution in [3.8, 4) is 0 Å². The summed E-state index contributed by atoms with van der Waals surface area (Å²) in [6.07, 6.45) is 3.03. The minimum Gasteiger partial charge on any atom is -0.481 e. The second-order valence-electron chi connectivity index (χ2n) is 5.28. The lowest BCUT2D eigenvalue weighted by atomic mass is 10.0. The summed E-state index contributed by atoms with van der Waals surface area (Å²) in [5.74, 6) is -1.27. The smallest absolute Gasteiger partial charge is 0.315 e. The van der Waals surface area contributed by atoms with Gasteiger partial charge in [-0.15, -0.1) is 11.3 Å².